The minimum absolute atomic E-state index is 0.390. The molecule has 1 heterocycles. The molecule has 0 aliphatic heterocycles. The average molecular weight is 297 g/mol. The van der Waals surface area contributed by atoms with Crippen LogP contribution in [-0.2, 0) is 0 Å². The van der Waals surface area contributed by atoms with Crippen molar-refractivity contribution in [3.05, 3.63) is 6.07 Å². The number of nitrogens with zero attached hydrogens (tertiary/aromatic N) is 3. The zero-order chi connectivity index (χ0) is 15.0. The highest BCUT2D eigenvalue weighted by Crippen LogP contribution is 2.18. The van der Waals surface area contributed by atoms with Crippen molar-refractivity contribution in [3.8, 4) is 0 Å². The number of hydrogen-bond acceptors (Lipinski definition) is 6. The Morgan fingerprint density at radius 1 is 1.30 bits per heavy atom. The van der Waals surface area contributed by atoms with Crippen molar-refractivity contribution < 1.29 is 0 Å². The lowest BCUT2D eigenvalue weighted by Gasteiger charge is -2.18. The largest absolute Gasteiger partial charge is 0.370 e. The Morgan fingerprint density at radius 3 is 2.60 bits per heavy atom. The SMILES string of the molecule is CCCNc1cc(NC(C)CCN(C)C)nc(SC)n1. The minimum Gasteiger partial charge on any atom is -0.370 e. The lowest BCUT2D eigenvalue weighted by atomic mass is 10.2. The third-order valence-corrected chi connectivity index (χ3v) is 3.40. The molecule has 0 aliphatic rings. The van der Waals surface area contributed by atoms with Crippen LogP contribution in [0.3, 0.4) is 0 Å². The Bertz CT molecular complexity index is 397. The second kappa shape index (κ2) is 9.02. The number of anilines is 2. The first kappa shape index (κ1) is 17.0. The van der Waals surface area contributed by atoms with Gasteiger partial charge in [-0.05, 0) is 46.7 Å². The van der Waals surface area contributed by atoms with Gasteiger partial charge in [0.1, 0.15) is 11.6 Å². The van der Waals surface area contributed by atoms with Gasteiger partial charge in [-0.1, -0.05) is 18.7 Å². The molecule has 5 nitrogen and oxygen atoms in total. The van der Waals surface area contributed by atoms with E-state index < -0.39 is 0 Å². The molecule has 0 radical (unpaired) electrons. The van der Waals surface area contributed by atoms with Crippen LogP contribution >= 0.6 is 11.8 Å². The summed E-state index contributed by atoms with van der Waals surface area (Å²) in [6.07, 6.45) is 4.17. The summed E-state index contributed by atoms with van der Waals surface area (Å²) < 4.78 is 0. The fourth-order valence-electron chi connectivity index (χ4n) is 1.71. The van der Waals surface area contributed by atoms with Crippen LogP contribution in [0, 0.1) is 0 Å². The van der Waals surface area contributed by atoms with Crippen LogP contribution in [0.5, 0.6) is 0 Å². The maximum atomic E-state index is 4.51. The molecule has 1 atom stereocenters. The molecule has 1 rings (SSSR count). The Balaban J connectivity index is 2.67. The molecule has 0 saturated heterocycles. The van der Waals surface area contributed by atoms with E-state index in [0.29, 0.717) is 6.04 Å². The fraction of sp³-hybridized carbons (Fsp3) is 0.714. The van der Waals surface area contributed by atoms with Crippen LogP contribution in [0.2, 0.25) is 0 Å². The number of rotatable bonds is 9. The Morgan fingerprint density at radius 2 is 2.00 bits per heavy atom. The summed E-state index contributed by atoms with van der Waals surface area (Å²) in [6.45, 7) is 6.33. The first-order valence-electron chi connectivity index (χ1n) is 7.13. The molecule has 0 bridgehead atoms. The molecule has 1 aromatic rings. The van der Waals surface area contributed by atoms with Gasteiger partial charge < -0.3 is 15.5 Å². The van der Waals surface area contributed by atoms with E-state index in [1.54, 1.807) is 11.8 Å². The third kappa shape index (κ3) is 6.43. The molecule has 0 aromatic carbocycles. The van der Waals surface area contributed by atoms with Crippen molar-refractivity contribution in [2.45, 2.75) is 37.9 Å². The molecule has 1 unspecified atom stereocenters. The quantitative estimate of drug-likeness (QED) is 0.540. The summed E-state index contributed by atoms with van der Waals surface area (Å²) >= 11 is 1.57. The van der Waals surface area contributed by atoms with Crippen molar-refractivity contribution in [2.24, 2.45) is 0 Å². The van der Waals surface area contributed by atoms with E-state index in [9.17, 15) is 0 Å². The van der Waals surface area contributed by atoms with Crippen LogP contribution in [0.15, 0.2) is 11.2 Å². The van der Waals surface area contributed by atoms with Crippen molar-refractivity contribution >= 4 is 23.4 Å². The molecule has 0 fully saturated rings. The zero-order valence-corrected chi connectivity index (χ0v) is 14.0. The fourth-order valence-corrected chi connectivity index (χ4v) is 2.09. The van der Waals surface area contributed by atoms with Crippen molar-refractivity contribution in [1.29, 1.82) is 0 Å². The summed E-state index contributed by atoms with van der Waals surface area (Å²) in [5.41, 5.74) is 0. The predicted molar refractivity (Wildman–Crippen MR) is 88.8 cm³/mol. The van der Waals surface area contributed by atoms with Crippen LogP contribution in [0.1, 0.15) is 26.7 Å². The van der Waals surface area contributed by atoms with Gasteiger partial charge >= 0.3 is 0 Å². The van der Waals surface area contributed by atoms with Gasteiger partial charge in [-0.3, -0.25) is 0 Å². The Hall–Kier alpha value is -1.01. The standard InChI is InChI=1S/C14H27N5S/c1-6-8-15-12-10-13(18-14(17-12)20-5)16-11(2)7-9-19(3)4/h10-11H,6-9H2,1-5H3,(H2,15,16,17,18). The Labute approximate surface area is 127 Å². The molecule has 2 N–H and O–H groups in total. The highest BCUT2D eigenvalue weighted by molar-refractivity contribution is 7.98. The first-order chi connectivity index (χ1) is 9.55. The zero-order valence-electron chi connectivity index (χ0n) is 13.2. The van der Waals surface area contributed by atoms with Crippen LogP contribution in [-0.4, -0.2) is 54.4 Å². The molecule has 0 amide bonds. The number of thioether (sulfide) groups is 1. The average Bonchev–Trinajstić information content (AvgIpc) is 2.42. The van der Waals surface area contributed by atoms with Crippen LogP contribution in [0.4, 0.5) is 11.6 Å². The summed E-state index contributed by atoms with van der Waals surface area (Å²) in [6, 6.07) is 2.38. The molecule has 114 valence electrons. The van der Waals surface area contributed by atoms with E-state index in [0.717, 1.165) is 42.7 Å². The number of hydrogen-bond donors (Lipinski definition) is 2. The van der Waals surface area contributed by atoms with Crippen molar-refractivity contribution in [2.75, 3.05) is 44.1 Å². The molecule has 0 spiro atoms. The van der Waals surface area contributed by atoms with Crippen molar-refractivity contribution in [3.63, 3.8) is 0 Å². The van der Waals surface area contributed by atoms with Gasteiger partial charge in [-0.2, -0.15) is 0 Å². The van der Waals surface area contributed by atoms with E-state index in [1.165, 1.54) is 0 Å². The first-order valence-corrected chi connectivity index (χ1v) is 8.35. The van der Waals surface area contributed by atoms with E-state index in [4.69, 9.17) is 0 Å². The third-order valence-electron chi connectivity index (χ3n) is 2.85. The van der Waals surface area contributed by atoms with Gasteiger partial charge in [0.2, 0.25) is 0 Å². The van der Waals surface area contributed by atoms with Gasteiger partial charge in [-0.25, -0.2) is 9.97 Å². The molecular formula is C14H27N5S. The van der Waals surface area contributed by atoms with Gasteiger partial charge in [-0.15, -0.1) is 0 Å². The molecule has 0 saturated carbocycles. The maximum absolute atomic E-state index is 4.51. The van der Waals surface area contributed by atoms with Gasteiger partial charge in [0.25, 0.3) is 0 Å². The maximum Gasteiger partial charge on any atom is 0.191 e. The minimum atomic E-state index is 0.390. The lowest BCUT2D eigenvalue weighted by molar-refractivity contribution is 0.390. The highest BCUT2D eigenvalue weighted by Gasteiger charge is 2.07. The summed E-state index contributed by atoms with van der Waals surface area (Å²) in [5, 5.41) is 7.58. The summed E-state index contributed by atoms with van der Waals surface area (Å²) in [4.78, 5) is 11.2. The molecule has 1 aromatic heterocycles. The predicted octanol–water partition coefficient (Wildman–Crippen LogP) is 2.77. The van der Waals surface area contributed by atoms with Gasteiger partial charge in [0, 0.05) is 18.7 Å². The van der Waals surface area contributed by atoms with Crippen LogP contribution < -0.4 is 10.6 Å². The van der Waals surface area contributed by atoms with E-state index in [2.05, 4.69) is 53.4 Å². The van der Waals surface area contributed by atoms with Gasteiger partial charge in [0.05, 0.1) is 0 Å². The molecule has 0 aliphatic carbocycles. The number of aromatic nitrogens is 2. The van der Waals surface area contributed by atoms with Crippen LogP contribution in [0.25, 0.3) is 0 Å². The van der Waals surface area contributed by atoms with E-state index >= 15 is 0 Å². The topological polar surface area (TPSA) is 53.1 Å². The Kier molecular flexibility index (Phi) is 7.69. The van der Waals surface area contributed by atoms with E-state index in [-0.39, 0.29) is 0 Å². The second-order valence-electron chi connectivity index (χ2n) is 5.19. The normalized spacial score (nSPS) is 12.5. The molecule has 6 heteroatoms. The summed E-state index contributed by atoms with van der Waals surface area (Å²) in [7, 11) is 4.19. The smallest absolute Gasteiger partial charge is 0.191 e. The van der Waals surface area contributed by atoms with Crippen molar-refractivity contribution in [1.82, 2.24) is 14.9 Å². The van der Waals surface area contributed by atoms with E-state index in [1.807, 2.05) is 12.3 Å². The lowest BCUT2D eigenvalue weighted by Crippen LogP contribution is -2.23. The van der Waals surface area contributed by atoms with Gasteiger partial charge in [0.15, 0.2) is 5.16 Å². The monoisotopic (exact) mass is 297 g/mol. The second-order valence-corrected chi connectivity index (χ2v) is 5.96. The molecular weight excluding hydrogens is 270 g/mol. The molecule has 20 heavy (non-hydrogen) atoms. The highest BCUT2D eigenvalue weighted by atomic mass is 32.2. The summed E-state index contributed by atoms with van der Waals surface area (Å²) in [5.74, 6) is 1.79. The number of nitrogens with one attached hydrogen (secondary N) is 2.